The third kappa shape index (κ3) is 2.38. The number of hydrogen-bond acceptors (Lipinski definition) is 3. The molecule has 0 fully saturated rings. The normalized spacial score (nSPS) is 10.6. The summed E-state index contributed by atoms with van der Waals surface area (Å²) in [6.07, 6.45) is 1.72. The number of aromatic nitrogens is 3. The van der Waals surface area contributed by atoms with Crippen LogP contribution in [-0.2, 0) is 0 Å². The molecule has 0 aliphatic carbocycles. The summed E-state index contributed by atoms with van der Waals surface area (Å²) in [5.74, 6) is -0.201. The van der Waals surface area contributed by atoms with Crippen molar-refractivity contribution in [2.45, 2.75) is 6.92 Å². The van der Waals surface area contributed by atoms with Crippen LogP contribution in [0.2, 0.25) is 0 Å². The summed E-state index contributed by atoms with van der Waals surface area (Å²) in [5.41, 5.74) is 3.92. The molecule has 0 atom stereocenters. The lowest BCUT2D eigenvalue weighted by molar-refractivity contribution is 0.386. The molecule has 0 saturated heterocycles. The molecule has 0 saturated carbocycles. The van der Waals surface area contributed by atoms with Gasteiger partial charge in [-0.2, -0.15) is 5.10 Å². The Labute approximate surface area is 121 Å². The van der Waals surface area contributed by atoms with E-state index in [1.54, 1.807) is 18.3 Å². The molecule has 1 aromatic carbocycles. The maximum absolute atomic E-state index is 13.9. The molecule has 0 aliphatic rings. The van der Waals surface area contributed by atoms with Crippen molar-refractivity contribution in [2.75, 3.05) is 7.11 Å². The van der Waals surface area contributed by atoms with Gasteiger partial charge in [0.05, 0.1) is 12.8 Å². The molecule has 2 heterocycles. The van der Waals surface area contributed by atoms with Gasteiger partial charge >= 0.3 is 0 Å². The Morgan fingerprint density at radius 2 is 2.05 bits per heavy atom. The molecule has 0 bridgehead atoms. The first-order chi connectivity index (χ1) is 10.2. The first-order valence-corrected chi connectivity index (χ1v) is 6.51. The molecule has 2 aromatic heterocycles. The van der Waals surface area contributed by atoms with Crippen molar-refractivity contribution in [3.05, 3.63) is 54.1 Å². The van der Waals surface area contributed by atoms with Crippen LogP contribution in [0.15, 0.2) is 42.6 Å². The molecule has 5 heteroatoms. The Morgan fingerprint density at radius 1 is 1.19 bits per heavy atom. The number of aryl methyl sites for hydroxylation is 1. The van der Waals surface area contributed by atoms with Crippen LogP contribution in [0.1, 0.15) is 5.69 Å². The zero-order valence-electron chi connectivity index (χ0n) is 11.7. The predicted molar refractivity (Wildman–Crippen MR) is 78.5 cm³/mol. The van der Waals surface area contributed by atoms with Gasteiger partial charge in [-0.15, -0.1) is 0 Å². The number of nitrogens with one attached hydrogen (secondary N) is 1. The molecule has 3 rings (SSSR count). The number of hydrogen-bond donors (Lipinski definition) is 1. The van der Waals surface area contributed by atoms with Crippen molar-refractivity contribution in [3.63, 3.8) is 0 Å². The van der Waals surface area contributed by atoms with Crippen molar-refractivity contribution >= 4 is 0 Å². The monoisotopic (exact) mass is 283 g/mol. The van der Waals surface area contributed by atoms with Crippen LogP contribution in [0.25, 0.3) is 22.5 Å². The van der Waals surface area contributed by atoms with Crippen molar-refractivity contribution in [3.8, 4) is 28.3 Å². The topological polar surface area (TPSA) is 50.8 Å². The SMILES string of the molecule is COc1ccc(-c2n[nH]c(C)c2-c2ccccn2)cc1F. The number of benzene rings is 1. The summed E-state index contributed by atoms with van der Waals surface area (Å²) >= 11 is 0. The Kier molecular flexibility index (Phi) is 3.39. The van der Waals surface area contributed by atoms with E-state index in [1.165, 1.54) is 13.2 Å². The molecule has 3 aromatic rings. The van der Waals surface area contributed by atoms with Crippen LogP contribution in [0, 0.1) is 12.7 Å². The van der Waals surface area contributed by atoms with Crippen molar-refractivity contribution < 1.29 is 9.13 Å². The second kappa shape index (κ2) is 5.36. The van der Waals surface area contributed by atoms with Crippen molar-refractivity contribution in [2.24, 2.45) is 0 Å². The predicted octanol–water partition coefficient (Wildman–Crippen LogP) is 3.59. The average molecular weight is 283 g/mol. The minimum Gasteiger partial charge on any atom is -0.494 e. The Hall–Kier alpha value is -2.69. The number of halogens is 1. The third-order valence-corrected chi connectivity index (χ3v) is 3.29. The van der Waals surface area contributed by atoms with Crippen molar-refractivity contribution in [1.82, 2.24) is 15.2 Å². The van der Waals surface area contributed by atoms with Gasteiger partial charge in [-0.3, -0.25) is 10.1 Å². The smallest absolute Gasteiger partial charge is 0.165 e. The van der Waals surface area contributed by atoms with E-state index in [-0.39, 0.29) is 5.75 Å². The molecule has 0 spiro atoms. The van der Waals surface area contributed by atoms with Gasteiger partial charge in [-0.1, -0.05) is 6.07 Å². The lowest BCUT2D eigenvalue weighted by Crippen LogP contribution is -1.90. The van der Waals surface area contributed by atoms with E-state index >= 15 is 0 Å². The third-order valence-electron chi connectivity index (χ3n) is 3.29. The highest BCUT2D eigenvalue weighted by Crippen LogP contribution is 2.33. The fourth-order valence-corrected chi connectivity index (χ4v) is 2.28. The van der Waals surface area contributed by atoms with Crippen LogP contribution in [0.4, 0.5) is 4.39 Å². The molecular formula is C16H14FN3O. The van der Waals surface area contributed by atoms with Crippen LogP contribution >= 0.6 is 0 Å². The molecule has 21 heavy (non-hydrogen) atoms. The lowest BCUT2D eigenvalue weighted by Gasteiger charge is -2.06. The lowest BCUT2D eigenvalue weighted by atomic mass is 10.0. The quantitative estimate of drug-likeness (QED) is 0.799. The van der Waals surface area contributed by atoms with Crippen LogP contribution < -0.4 is 4.74 Å². The van der Waals surface area contributed by atoms with Crippen molar-refractivity contribution in [1.29, 1.82) is 0 Å². The van der Waals surface area contributed by atoms with Gasteiger partial charge in [-0.25, -0.2) is 4.39 Å². The number of ether oxygens (including phenoxy) is 1. The van der Waals surface area contributed by atoms with E-state index in [2.05, 4.69) is 15.2 Å². The number of methoxy groups -OCH3 is 1. The number of pyridine rings is 1. The summed E-state index contributed by atoms with van der Waals surface area (Å²) in [6.45, 7) is 1.92. The van der Waals surface area contributed by atoms with E-state index in [4.69, 9.17) is 4.74 Å². The molecule has 0 unspecified atom stereocenters. The Balaban J connectivity index is 2.14. The number of aromatic amines is 1. The highest BCUT2D eigenvalue weighted by molar-refractivity contribution is 5.80. The van der Waals surface area contributed by atoms with Crippen LogP contribution in [0.5, 0.6) is 5.75 Å². The van der Waals surface area contributed by atoms with E-state index in [1.807, 2.05) is 25.1 Å². The molecule has 106 valence electrons. The molecule has 0 amide bonds. The molecular weight excluding hydrogens is 269 g/mol. The Bertz CT molecular complexity index is 768. The summed E-state index contributed by atoms with van der Waals surface area (Å²) in [7, 11) is 1.44. The Morgan fingerprint density at radius 3 is 2.71 bits per heavy atom. The van der Waals surface area contributed by atoms with E-state index in [9.17, 15) is 4.39 Å². The minimum absolute atomic E-state index is 0.213. The first kappa shape index (κ1) is 13.3. The molecule has 4 nitrogen and oxygen atoms in total. The van der Waals surface area contributed by atoms with Gasteiger partial charge in [0.15, 0.2) is 11.6 Å². The average Bonchev–Trinajstić information content (AvgIpc) is 2.90. The molecule has 0 aliphatic heterocycles. The van der Waals surface area contributed by atoms with Gasteiger partial charge in [0.1, 0.15) is 5.69 Å². The van der Waals surface area contributed by atoms with Gasteiger partial charge in [0, 0.05) is 23.0 Å². The van der Waals surface area contributed by atoms with E-state index < -0.39 is 5.82 Å². The van der Waals surface area contributed by atoms with Crippen LogP contribution in [-0.4, -0.2) is 22.3 Å². The second-order valence-electron chi connectivity index (χ2n) is 4.64. The number of nitrogens with zero attached hydrogens (tertiary/aromatic N) is 2. The number of H-pyrrole nitrogens is 1. The second-order valence-corrected chi connectivity index (χ2v) is 4.64. The maximum atomic E-state index is 13.9. The zero-order valence-corrected chi connectivity index (χ0v) is 11.7. The fraction of sp³-hybridized carbons (Fsp3) is 0.125. The van der Waals surface area contributed by atoms with Gasteiger partial charge in [-0.05, 0) is 37.3 Å². The molecule has 1 N–H and O–H groups in total. The largest absolute Gasteiger partial charge is 0.494 e. The zero-order chi connectivity index (χ0) is 14.8. The fourth-order valence-electron chi connectivity index (χ4n) is 2.28. The van der Waals surface area contributed by atoms with Gasteiger partial charge in [0.25, 0.3) is 0 Å². The standard InChI is InChI=1S/C16H14FN3O/c1-10-15(13-5-3-4-8-18-13)16(20-19-10)11-6-7-14(21-2)12(17)9-11/h3-9H,1-2H3,(H,19,20). The van der Waals surface area contributed by atoms with E-state index in [0.29, 0.717) is 11.3 Å². The maximum Gasteiger partial charge on any atom is 0.165 e. The highest BCUT2D eigenvalue weighted by Gasteiger charge is 2.16. The summed E-state index contributed by atoms with van der Waals surface area (Å²) < 4.78 is 18.8. The first-order valence-electron chi connectivity index (χ1n) is 6.51. The molecule has 0 radical (unpaired) electrons. The van der Waals surface area contributed by atoms with Crippen LogP contribution in [0.3, 0.4) is 0 Å². The van der Waals surface area contributed by atoms with Gasteiger partial charge in [0.2, 0.25) is 0 Å². The summed E-state index contributed by atoms with van der Waals surface area (Å²) in [6, 6.07) is 10.5. The highest BCUT2D eigenvalue weighted by atomic mass is 19.1. The minimum atomic E-state index is -0.414. The number of rotatable bonds is 3. The van der Waals surface area contributed by atoms with Gasteiger partial charge < -0.3 is 4.74 Å². The summed E-state index contributed by atoms with van der Waals surface area (Å²) in [5, 5.41) is 7.23. The van der Waals surface area contributed by atoms with E-state index in [0.717, 1.165) is 17.0 Å². The summed E-state index contributed by atoms with van der Waals surface area (Å²) in [4.78, 5) is 4.35.